The van der Waals surface area contributed by atoms with E-state index in [-0.39, 0.29) is 19.1 Å². The van der Waals surface area contributed by atoms with E-state index in [0.29, 0.717) is 12.2 Å². The molecule has 0 aliphatic heterocycles. The molecule has 1 rings (SSSR count). The average molecular weight is 322 g/mol. The molecule has 126 valence electrons. The molecule has 0 radical (unpaired) electrons. The normalized spacial score (nSPS) is 12.8. The van der Waals surface area contributed by atoms with E-state index in [9.17, 15) is 14.4 Å². The molecule has 2 atom stereocenters. The second kappa shape index (κ2) is 9.45. The first kappa shape index (κ1) is 18.5. The number of rotatable bonds is 9. The lowest BCUT2D eigenvalue weighted by Gasteiger charge is -2.20. The predicted octanol–water partition coefficient (Wildman–Crippen LogP) is 0.797. The van der Waals surface area contributed by atoms with Gasteiger partial charge in [0.25, 0.3) is 5.91 Å². The molecule has 0 aliphatic rings. The van der Waals surface area contributed by atoms with Crippen LogP contribution >= 0.6 is 0 Å². The van der Waals surface area contributed by atoms with Gasteiger partial charge in [-0.3, -0.25) is 9.59 Å². The number of carboxylic acids is 1. The first-order valence-corrected chi connectivity index (χ1v) is 7.40. The van der Waals surface area contributed by atoms with Crippen molar-refractivity contribution in [3.63, 3.8) is 0 Å². The van der Waals surface area contributed by atoms with Gasteiger partial charge in [-0.25, -0.2) is 4.79 Å². The lowest BCUT2D eigenvalue weighted by molar-refractivity contribution is -0.143. The van der Waals surface area contributed by atoms with Gasteiger partial charge in [-0.05, 0) is 18.1 Å². The third-order valence-electron chi connectivity index (χ3n) is 3.35. The van der Waals surface area contributed by atoms with Gasteiger partial charge in [-0.1, -0.05) is 38.5 Å². The van der Waals surface area contributed by atoms with Crippen molar-refractivity contribution in [2.75, 3.05) is 13.2 Å². The molecular formula is C16H22N2O5. The van der Waals surface area contributed by atoms with E-state index in [4.69, 9.17) is 9.84 Å². The highest BCUT2D eigenvalue weighted by Gasteiger charge is 2.25. The highest BCUT2D eigenvalue weighted by molar-refractivity contribution is 5.88. The molecule has 3 N–H and O–H groups in total. The van der Waals surface area contributed by atoms with Crippen molar-refractivity contribution in [2.24, 2.45) is 5.92 Å². The van der Waals surface area contributed by atoms with Crippen LogP contribution in [0.2, 0.25) is 0 Å². The predicted molar refractivity (Wildman–Crippen MR) is 84.0 cm³/mol. The molecule has 0 aliphatic carbocycles. The Labute approximate surface area is 135 Å². The van der Waals surface area contributed by atoms with Crippen LogP contribution in [0.15, 0.2) is 30.3 Å². The smallest absolute Gasteiger partial charge is 0.326 e. The Hall–Kier alpha value is -2.57. The SMILES string of the molecule is CC[C@H](C)[C@H](NC(=O)CNC(=O)COc1ccccc1)C(=O)O. The Morgan fingerprint density at radius 3 is 2.39 bits per heavy atom. The first-order chi connectivity index (χ1) is 10.9. The molecule has 0 saturated heterocycles. The Morgan fingerprint density at radius 1 is 1.17 bits per heavy atom. The minimum absolute atomic E-state index is 0.200. The summed E-state index contributed by atoms with van der Waals surface area (Å²) in [6.07, 6.45) is 0.620. The molecule has 2 amide bonds. The van der Waals surface area contributed by atoms with Crippen molar-refractivity contribution < 1.29 is 24.2 Å². The van der Waals surface area contributed by atoms with Gasteiger partial charge in [0.2, 0.25) is 5.91 Å². The largest absolute Gasteiger partial charge is 0.484 e. The zero-order chi connectivity index (χ0) is 17.2. The van der Waals surface area contributed by atoms with Crippen LogP contribution < -0.4 is 15.4 Å². The molecule has 1 aromatic rings. The van der Waals surface area contributed by atoms with Gasteiger partial charge in [0.05, 0.1) is 6.54 Å². The third kappa shape index (κ3) is 6.82. The maximum absolute atomic E-state index is 11.7. The number of nitrogens with one attached hydrogen (secondary N) is 2. The molecule has 0 heterocycles. The Balaban J connectivity index is 2.34. The zero-order valence-electron chi connectivity index (χ0n) is 13.2. The number of carbonyl (C=O) groups is 3. The minimum atomic E-state index is -1.09. The Kier molecular flexibility index (Phi) is 7.59. The number of carbonyl (C=O) groups excluding carboxylic acids is 2. The fourth-order valence-electron chi connectivity index (χ4n) is 1.80. The summed E-state index contributed by atoms with van der Waals surface area (Å²) in [6.45, 7) is 3.07. The highest BCUT2D eigenvalue weighted by atomic mass is 16.5. The van der Waals surface area contributed by atoms with Crippen LogP contribution in [-0.4, -0.2) is 42.1 Å². The molecule has 0 fully saturated rings. The number of ether oxygens (including phenoxy) is 1. The molecule has 0 saturated carbocycles. The van der Waals surface area contributed by atoms with Crippen LogP contribution in [0, 0.1) is 5.92 Å². The summed E-state index contributed by atoms with van der Waals surface area (Å²) in [4.78, 5) is 34.4. The van der Waals surface area contributed by atoms with Crippen molar-refractivity contribution in [3.05, 3.63) is 30.3 Å². The van der Waals surface area contributed by atoms with Crippen LogP contribution in [0.5, 0.6) is 5.75 Å². The molecule has 7 nitrogen and oxygen atoms in total. The first-order valence-electron chi connectivity index (χ1n) is 7.40. The van der Waals surface area contributed by atoms with Gasteiger partial charge in [0.1, 0.15) is 11.8 Å². The van der Waals surface area contributed by atoms with Crippen LogP contribution in [0.1, 0.15) is 20.3 Å². The highest BCUT2D eigenvalue weighted by Crippen LogP contribution is 2.08. The third-order valence-corrected chi connectivity index (χ3v) is 3.35. The summed E-state index contributed by atoms with van der Waals surface area (Å²) < 4.78 is 5.24. The van der Waals surface area contributed by atoms with Gasteiger partial charge in [-0.15, -0.1) is 0 Å². The van der Waals surface area contributed by atoms with Crippen LogP contribution in [0.25, 0.3) is 0 Å². The molecule has 0 unspecified atom stereocenters. The number of hydrogen-bond acceptors (Lipinski definition) is 4. The summed E-state index contributed by atoms with van der Waals surface area (Å²) in [6, 6.07) is 7.84. The molecule has 7 heteroatoms. The van der Waals surface area contributed by atoms with Crippen LogP contribution in [0.4, 0.5) is 0 Å². The summed E-state index contributed by atoms with van der Waals surface area (Å²) >= 11 is 0. The lowest BCUT2D eigenvalue weighted by atomic mass is 9.99. The van der Waals surface area contributed by atoms with E-state index in [0.717, 1.165) is 0 Å². The molecule has 0 bridgehead atoms. The summed E-state index contributed by atoms with van der Waals surface area (Å²) in [5.74, 6) is -1.75. The number of hydrogen-bond donors (Lipinski definition) is 3. The van der Waals surface area contributed by atoms with Crippen molar-refractivity contribution in [1.29, 1.82) is 0 Å². The molecular weight excluding hydrogens is 300 g/mol. The van der Waals surface area contributed by atoms with Crippen molar-refractivity contribution >= 4 is 17.8 Å². The second-order valence-electron chi connectivity index (χ2n) is 5.15. The topological polar surface area (TPSA) is 105 Å². The average Bonchev–Trinajstić information content (AvgIpc) is 2.55. The number of carboxylic acid groups (broad SMARTS) is 1. The maximum atomic E-state index is 11.7. The van der Waals surface area contributed by atoms with E-state index < -0.39 is 23.8 Å². The number of aliphatic carboxylic acids is 1. The molecule has 1 aromatic carbocycles. The van der Waals surface area contributed by atoms with Gasteiger partial charge >= 0.3 is 5.97 Å². The maximum Gasteiger partial charge on any atom is 0.326 e. The quantitative estimate of drug-likeness (QED) is 0.624. The van der Waals surface area contributed by atoms with Crippen molar-refractivity contribution in [3.8, 4) is 5.75 Å². The number of benzene rings is 1. The van der Waals surface area contributed by atoms with Crippen LogP contribution in [0.3, 0.4) is 0 Å². The monoisotopic (exact) mass is 322 g/mol. The van der Waals surface area contributed by atoms with Gasteiger partial charge < -0.3 is 20.5 Å². The summed E-state index contributed by atoms with van der Waals surface area (Å²) in [5, 5.41) is 13.9. The van der Waals surface area contributed by atoms with E-state index >= 15 is 0 Å². The Morgan fingerprint density at radius 2 is 1.83 bits per heavy atom. The van der Waals surface area contributed by atoms with Crippen molar-refractivity contribution in [1.82, 2.24) is 10.6 Å². The van der Waals surface area contributed by atoms with E-state index in [1.54, 1.807) is 31.2 Å². The van der Waals surface area contributed by atoms with Gasteiger partial charge in [0.15, 0.2) is 6.61 Å². The van der Waals surface area contributed by atoms with Crippen molar-refractivity contribution in [2.45, 2.75) is 26.3 Å². The summed E-state index contributed by atoms with van der Waals surface area (Å²) in [7, 11) is 0. The second-order valence-corrected chi connectivity index (χ2v) is 5.15. The lowest BCUT2D eigenvalue weighted by Crippen LogP contribution is -2.48. The fraction of sp³-hybridized carbons (Fsp3) is 0.438. The molecule has 0 spiro atoms. The van der Waals surface area contributed by atoms with Gasteiger partial charge in [-0.2, -0.15) is 0 Å². The summed E-state index contributed by atoms with van der Waals surface area (Å²) in [5.41, 5.74) is 0. The molecule has 23 heavy (non-hydrogen) atoms. The van der Waals surface area contributed by atoms with E-state index in [2.05, 4.69) is 10.6 Å². The standard InChI is InChI=1S/C16H22N2O5/c1-3-11(2)15(16(21)22)18-13(19)9-17-14(20)10-23-12-7-5-4-6-8-12/h4-8,11,15H,3,9-10H2,1-2H3,(H,17,20)(H,18,19)(H,21,22)/t11-,15-/m0/s1. The Bertz CT molecular complexity index is 533. The van der Waals surface area contributed by atoms with E-state index in [1.165, 1.54) is 0 Å². The fourth-order valence-corrected chi connectivity index (χ4v) is 1.80. The van der Waals surface area contributed by atoms with Gasteiger partial charge in [0, 0.05) is 0 Å². The van der Waals surface area contributed by atoms with E-state index in [1.807, 2.05) is 13.0 Å². The number of para-hydroxylation sites is 1. The zero-order valence-corrected chi connectivity index (χ0v) is 13.2. The van der Waals surface area contributed by atoms with Crippen LogP contribution in [-0.2, 0) is 14.4 Å². The minimum Gasteiger partial charge on any atom is -0.484 e. The molecule has 0 aromatic heterocycles. The number of amides is 2.